The van der Waals surface area contributed by atoms with Gasteiger partial charge in [-0.1, -0.05) is 65.3 Å². The average molecular weight is 529 g/mol. The normalized spacial score (nSPS) is 11.7. The topological polar surface area (TPSA) is 78.3 Å². The first kappa shape index (κ1) is 24.9. The number of para-hydroxylation sites is 3. The number of amides is 1. The van der Waals surface area contributed by atoms with Gasteiger partial charge in [-0.05, 0) is 49.4 Å². The molecule has 4 aromatic rings. The lowest BCUT2D eigenvalue weighted by Gasteiger charge is -2.18. The molecule has 0 fully saturated rings. The maximum Gasteiger partial charge on any atom is 0.234 e. The Balaban J connectivity index is 1.54. The molecule has 1 heterocycles. The Morgan fingerprint density at radius 1 is 1.00 bits per heavy atom. The Labute approximate surface area is 217 Å². The zero-order valence-corrected chi connectivity index (χ0v) is 21.3. The number of ether oxygens (including phenoxy) is 2. The van der Waals surface area contributed by atoms with Crippen molar-refractivity contribution in [2.45, 2.75) is 18.2 Å². The van der Waals surface area contributed by atoms with E-state index in [4.69, 9.17) is 32.7 Å². The molecule has 1 atom stereocenters. The summed E-state index contributed by atoms with van der Waals surface area (Å²) in [6, 6.07) is 22.0. The lowest BCUT2D eigenvalue weighted by molar-refractivity contribution is -0.113. The van der Waals surface area contributed by atoms with E-state index in [0.29, 0.717) is 38.2 Å². The smallest absolute Gasteiger partial charge is 0.234 e. The van der Waals surface area contributed by atoms with Crippen LogP contribution in [0, 0.1) is 0 Å². The second-order valence-corrected chi connectivity index (χ2v) is 9.15. The number of methoxy groups -OCH3 is 1. The number of hydrogen-bond donors (Lipinski definition) is 1. The van der Waals surface area contributed by atoms with Gasteiger partial charge in [0.25, 0.3) is 0 Å². The van der Waals surface area contributed by atoms with Crippen LogP contribution < -0.4 is 14.8 Å². The van der Waals surface area contributed by atoms with E-state index >= 15 is 0 Å². The number of halogens is 2. The third kappa shape index (κ3) is 6.08. The summed E-state index contributed by atoms with van der Waals surface area (Å²) in [7, 11) is 1.59. The predicted octanol–water partition coefficient (Wildman–Crippen LogP) is 6.45. The molecule has 1 aromatic heterocycles. The number of benzene rings is 3. The number of hydrogen-bond acceptors (Lipinski definition) is 6. The molecule has 1 unspecified atom stereocenters. The summed E-state index contributed by atoms with van der Waals surface area (Å²) < 4.78 is 13.4. The summed E-state index contributed by atoms with van der Waals surface area (Å²) in [4.78, 5) is 12.6. The third-order valence-electron chi connectivity index (χ3n) is 4.94. The van der Waals surface area contributed by atoms with E-state index in [1.54, 1.807) is 25.3 Å². The minimum atomic E-state index is -0.446. The number of rotatable bonds is 9. The summed E-state index contributed by atoms with van der Waals surface area (Å²) in [5.41, 5.74) is 1.42. The van der Waals surface area contributed by atoms with Crippen molar-refractivity contribution in [3.8, 4) is 17.2 Å². The van der Waals surface area contributed by atoms with Gasteiger partial charge < -0.3 is 14.8 Å². The van der Waals surface area contributed by atoms with Gasteiger partial charge >= 0.3 is 0 Å². The Kier molecular flexibility index (Phi) is 8.17. The molecular formula is C25H22Cl2N4O3S. The van der Waals surface area contributed by atoms with E-state index in [2.05, 4.69) is 15.5 Å². The SMILES string of the molecule is COc1ccccc1OC(C)c1nnc(SCC(=O)Nc2ccc(Cl)c(Cl)c2)n1-c1ccccc1. The van der Waals surface area contributed by atoms with Gasteiger partial charge in [-0.2, -0.15) is 0 Å². The van der Waals surface area contributed by atoms with Crippen LogP contribution >= 0.6 is 35.0 Å². The summed E-state index contributed by atoms with van der Waals surface area (Å²) in [5.74, 6) is 1.72. The fourth-order valence-corrected chi connectivity index (χ4v) is 4.38. The molecule has 0 saturated heterocycles. The lowest BCUT2D eigenvalue weighted by atomic mass is 10.3. The minimum Gasteiger partial charge on any atom is -0.493 e. The minimum absolute atomic E-state index is 0.118. The van der Waals surface area contributed by atoms with E-state index in [9.17, 15) is 4.79 Å². The molecule has 0 aliphatic heterocycles. The number of nitrogens with zero attached hydrogens (tertiary/aromatic N) is 3. The largest absolute Gasteiger partial charge is 0.493 e. The third-order valence-corrected chi connectivity index (χ3v) is 6.61. The first-order chi connectivity index (χ1) is 17.0. The van der Waals surface area contributed by atoms with Crippen molar-refractivity contribution in [2.24, 2.45) is 0 Å². The van der Waals surface area contributed by atoms with Gasteiger partial charge in [0.05, 0.1) is 22.9 Å². The van der Waals surface area contributed by atoms with Crippen LogP contribution in [0.1, 0.15) is 18.9 Å². The second kappa shape index (κ2) is 11.5. The van der Waals surface area contributed by atoms with Crippen molar-refractivity contribution in [2.75, 3.05) is 18.2 Å². The summed E-state index contributed by atoms with van der Waals surface area (Å²) >= 11 is 13.3. The summed E-state index contributed by atoms with van der Waals surface area (Å²) in [5, 5.41) is 12.9. The molecule has 10 heteroatoms. The number of aromatic nitrogens is 3. The van der Waals surface area contributed by atoms with Crippen molar-refractivity contribution in [1.82, 2.24) is 14.8 Å². The van der Waals surface area contributed by atoms with E-state index in [1.165, 1.54) is 11.8 Å². The number of carbonyl (C=O) groups is 1. The fourth-order valence-electron chi connectivity index (χ4n) is 3.32. The Morgan fingerprint density at radius 3 is 2.43 bits per heavy atom. The maximum atomic E-state index is 12.6. The fraction of sp³-hybridized carbons (Fsp3) is 0.160. The molecule has 7 nitrogen and oxygen atoms in total. The highest BCUT2D eigenvalue weighted by atomic mass is 35.5. The predicted molar refractivity (Wildman–Crippen MR) is 139 cm³/mol. The molecule has 3 aromatic carbocycles. The van der Waals surface area contributed by atoms with Crippen LogP contribution in [0.5, 0.6) is 11.5 Å². The van der Waals surface area contributed by atoms with Gasteiger partial charge in [0.1, 0.15) is 0 Å². The van der Waals surface area contributed by atoms with E-state index < -0.39 is 6.10 Å². The number of carbonyl (C=O) groups excluding carboxylic acids is 1. The van der Waals surface area contributed by atoms with Crippen LogP contribution in [-0.4, -0.2) is 33.5 Å². The molecule has 0 aliphatic rings. The molecule has 180 valence electrons. The summed E-state index contributed by atoms with van der Waals surface area (Å²) in [6.45, 7) is 1.89. The summed E-state index contributed by atoms with van der Waals surface area (Å²) in [6.07, 6.45) is -0.446. The zero-order chi connectivity index (χ0) is 24.8. The quantitative estimate of drug-likeness (QED) is 0.251. The van der Waals surface area contributed by atoms with Crippen molar-refractivity contribution in [3.63, 3.8) is 0 Å². The van der Waals surface area contributed by atoms with Crippen molar-refractivity contribution in [3.05, 3.63) is 88.7 Å². The van der Waals surface area contributed by atoms with Crippen molar-refractivity contribution < 1.29 is 14.3 Å². The van der Waals surface area contributed by atoms with Gasteiger partial charge in [0, 0.05) is 11.4 Å². The monoisotopic (exact) mass is 528 g/mol. The molecule has 0 spiro atoms. The van der Waals surface area contributed by atoms with E-state index in [-0.39, 0.29) is 11.7 Å². The molecule has 1 amide bonds. The molecule has 4 rings (SSSR count). The van der Waals surface area contributed by atoms with Crippen LogP contribution in [0.4, 0.5) is 5.69 Å². The van der Waals surface area contributed by atoms with Gasteiger partial charge in [0.2, 0.25) is 5.91 Å². The highest BCUT2D eigenvalue weighted by Gasteiger charge is 2.22. The second-order valence-electron chi connectivity index (χ2n) is 7.39. The number of nitrogens with one attached hydrogen (secondary N) is 1. The molecule has 1 N–H and O–H groups in total. The van der Waals surface area contributed by atoms with E-state index in [1.807, 2.05) is 66.1 Å². The van der Waals surface area contributed by atoms with Gasteiger partial charge in [-0.3, -0.25) is 9.36 Å². The first-order valence-corrected chi connectivity index (χ1v) is 12.4. The molecule has 35 heavy (non-hydrogen) atoms. The Hall–Kier alpha value is -3.20. The average Bonchev–Trinajstić information content (AvgIpc) is 3.30. The van der Waals surface area contributed by atoms with Crippen LogP contribution in [-0.2, 0) is 4.79 Å². The number of anilines is 1. The van der Waals surface area contributed by atoms with Crippen molar-refractivity contribution >= 4 is 46.6 Å². The van der Waals surface area contributed by atoms with Crippen LogP contribution in [0.15, 0.2) is 78.0 Å². The highest BCUT2D eigenvalue weighted by molar-refractivity contribution is 7.99. The Bertz CT molecular complexity index is 1320. The highest BCUT2D eigenvalue weighted by Crippen LogP contribution is 2.32. The molecular weight excluding hydrogens is 507 g/mol. The standard InChI is InChI=1S/C25H22Cl2N4O3S/c1-16(34-22-11-7-6-10-21(22)33-2)24-29-30-25(31(24)18-8-4-3-5-9-18)35-15-23(32)28-17-12-13-19(26)20(27)14-17/h3-14,16H,15H2,1-2H3,(H,28,32). The van der Waals surface area contributed by atoms with Gasteiger partial charge in [0.15, 0.2) is 28.6 Å². The zero-order valence-electron chi connectivity index (χ0n) is 18.9. The Morgan fingerprint density at radius 2 is 1.71 bits per heavy atom. The molecule has 0 bridgehead atoms. The van der Waals surface area contributed by atoms with Crippen LogP contribution in [0.25, 0.3) is 5.69 Å². The molecule has 0 aliphatic carbocycles. The van der Waals surface area contributed by atoms with E-state index in [0.717, 1.165) is 5.69 Å². The van der Waals surface area contributed by atoms with Gasteiger partial charge in [-0.15, -0.1) is 10.2 Å². The lowest BCUT2D eigenvalue weighted by Crippen LogP contribution is -2.15. The first-order valence-electron chi connectivity index (χ1n) is 10.6. The maximum absolute atomic E-state index is 12.6. The molecule has 0 radical (unpaired) electrons. The molecule has 0 saturated carbocycles. The van der Waals surface area contributed by atoms with Gasteiger partial charge in [-0.25, -0.2) is 0 Å². The number of thioether (sulfide) groups is 1. The van der Waals surface area contributed by atoms with Crippen LogP contribution in [0.3, 0.4) is 0 Å². The van der Waals surface area contributed by atoms with Crippen LogP contribution in [0.2, 0.25) is 10.0 Å². The van der Waals surface area contributed by atoms with Crippen molar-refractivity contribution in [1.29, 1.82) is 0 Å².